The normalized spacial score (nSPS) is 33.6. The van der Waals surface area contributed by atoms with E-state index in [9.17, 15) is 24.3 Å². The highest BCUT2D eigenvalue weighted by atomic mass is 16.5. The van der Waals surface area contributed by atoms with Crippen LogP contribution in [0.2, 0.25) is 0 Å². The Labute approximate surface area is 234 Å². The molecule has 2 fully saturated rings. The molecule has 4 aliphatic rings. The summed E-state index contributed by atoms with van der Waals surface area (Å²) in [5.41, 5.74) is -1.17. The molecule has 1 spiro atoms. The fourth-order valence-corrected chi connectivity index (χ4v) is 6.39. The molecule has 10 nitrogen and oxygen atoms in total. The van der Waals surface area contributed by atoms with Gasteiger partial charge in [0.15, 0.2) is 0 Å². The van der Waals surface area contributed by atoms with Gasteiger partial charge in [0.2, 0.25) is 17.7 Å². The molecule has 1 aromatic carbocycles. The van der Waals surface area contributed by atoms with Crippen LogP contribution in [0, 0.1) is 11.8 Å². The Morgan fingerprint density at radius 3 is 2.52 bits per heavy atom. The first kappa shape index (κ1) is 28.0. The number of aliphatic hydroxyl groups excluding tert-OH is 1. The average molecular weight is 552 g/mol. The molecule has 0 aliphatic carbocycles. The van der Waals surface area contributed by atoms with E-state index in [2.05, 4.69) is 5.32 Å². The van der Waals surface area contributed by atoms with Crippen molar-refractivity contribution in [3.05, 3.63) is 60.2 Å². The molecule has 4 aliphatic heterocycles. The largest absolute Gasteiger partial charge is 0.463 e. The standard InChI is InChI=1S/C30H37N3O7/c1-29(2,3)33-15-9-14-30-24(27(37)32(16-17-34)25(30)28(33)38)23-21(40-30)12-7-8-13-22(35)39-18-20(31-26(23)36)19-10-5-4-6-11-19/h4-7,9-12,14,20-21,23-25,34H,8,13,15-18H2,1-3H3,(H,31,36)/b12-7-/t20-,21+,23-,24-,25+,30-/m1/s1. The number of likely N-dealkylation sites (tertiary alicyclic amines) is 1. The van der Waals surface area contributed by atoms with Gasteiger partial charge in [-0.25, -0.2) is 0 Å². The smallest absolute Gasteiger partial charge is 0.306 e. The summed E-state index contributed by atoms with van der Waals surface area (Å²) in [4.78, 5) is 57.7. The molecule has 0 radical (unpaired) electrons. The van der Waals surface area contributed by atoms with Crippen molar-refractivity contribution < 1.29 is 33.8 Å². The van der Waals surface area contributed by atoms with Crippen molar-refractivity contribution in [2.45, 2.75) is 62.9 Å². The predicted molar refractivity (Wildman–Crippen MR) is 144 cm³/mol. The van der Waals surface area contributed by atoms with Gasteiger partial charge in [0.1, 0.15) is 18.2 Å². The van der Waals surface area contributed by atoms with E-state index in [1.807, 2.05) is 57.2 Å². The molecule has 10 heteroatoms. The van der Waals surface area contributed by atoms with Crippen LogP contribution >= 0.6 is 0 Å². The van der Waals surface area contributed by atoms with Crippen LogP contribution in [0.5, 0.6) is 0 Å². The molecule has 0 aromatic heterocycles. The van der Waals surface area contributed by atoms with Crippen molar-refractivity contribution in [1.82, 2.24) is 15.1 Å². The number of fused-ring (bicyclic) bond motifs is 2. The summed E-state index contributed by atoms with van der Waals surface area (Å²) in [5, 5.41) is 12.8. The van der Waals surface area contributed by atoms with Gasteiger partial charge in [0, 0.05) is 25.0 Å². The van der Waals surface area contributed by atoms with Crippen LogP contribution < -0.4 is 5.32 Å². The minimum Gasteiger partial charge on any atom is -0.463 e. The van der Waals surface area contributed by atoms with E-state index in [0.29, 0.717) is 13.0 Å². The lowest BCUT2D eigenvalue weighted by atomic mass is 9.77. The summed E-state index contributed by atoms with van der Waals surface area (Å²) in [5.74, 6) is -3.44. The van der Waals surface area contributed by atoms with Gasteiger partial charge in [-0.2, -0.15) is 0 Å². The van der Waals surface area contributed by atoms with E-state index in [-0.39, 0.29) is 38.1 Å². The first-order valence-electron chi connectivity index (χ1n) is 13.8. The van der Waals surface area contributed by atoms with Crippen LogP contribution in [0.15, 0.2) is 54.6 Å². The van der Waals surface area contributed by atoms with Crippen LogP contribution in [-0.2, 0) is 28.7 Å². The minimum absolute atomic E-state index is 0.0554. The van der Waals surface area contributed by atoms with E-state index in [1.165, 1.54) is 4.90 Å². The number of β-amino-alcohol motifs (C(OH)–C–C–N with tert-alkyl or cyclic N) is 1. The molecule has 214 valence electrons. The van der Waals surface area contributed by atoms with Gasteiger partial charge < -0.3 is 29.7 Å². The molecule has 5 rings (SSSR count). The molecule has 6 atom stereocenters. The second-order valence-electron chi connectivity index (χ2n) is 11.7. The van der Waals surface area contributed by atoms with E-state index in [1.54, 1.807) is 23.1 Å². The molecule has 40 heavy (non-hydrogen) atoms. The number of ether oxygens (including phenoxy) is 2. The Bertz CT molecular complexity index is 1220. The molecule has 2 N–H and O–H groups in total. The molecule has 2 saturated heterocycles. The predicted octanol–water partition coefficient (Wildman–Crippen LogP) is 1.51. The lowest BCUT2D eigenvalue weighted by molar-refractivity contribution is -0.151. The number of aliphatic hydroxyl groups is 1. The second-order valence-corrected chi connectivity index (χ2v) is 11.7. The van der Waals surface area contributed by atoms with Crippen LogP contribution in [0.3, 0.4) is 0 Å². The second kappa shape index (κ2) is 10.8. The Kier molecular flexibility index (Phi) is 7.58. The van der Waals surface area contributed by atoms with Gasteiger partial charge in [0.25, 0.3) is 0 Å². The van der Waals surface area contributed by atoms with E-state index in [4.69, 9.17) is 9.47 Å². The molecular formula is C30H37N3O7. The Hall–Kier alpha value is -3.50. The average Bonchev–Trinajstić information content (AvgIpc) is 3.28. The number of rotatable bonds is 3. The molecule has 1 aromatic rings. The maximum absolute atomic E-state index is 14.1. The number of benzene rings is 1. The number of carbonyl (C=O) groups is 4. The molecule has 0 unspecified atom stereocenters. The van der Waals surface area contributed by atoms with Crippen LogP contribution in [-0.4, -0.2) is 88.2 Å². The number of cyclic esters (lactones) is 1. The van der Waals surface area contributed by atoms with Gasteiger partial charge in [-0.1, -0.05) is 54.6 Å². The fraction of sp³-hybridized carbons (Fsp3) is 0.533. The number of hydrogen-bond acceptors (Lipinski definition) is 7. The van der Waals surface area contributed by atoms with Crippen molar-refractivity contribution in [1.29, 1.82) is 0 Å². The zero-order chi connectivity index (χ0) is 28.7. The van der Waals surface area contributed by atoms with Gasteiger partial charge in [-0.15, -0.1) is 0 Å². The van der Waals surface area contributed by atoms with Gasteiger partial charge in [-0.3, -0.25) is 19.2 Å². The van der Waals surface area contributed by atoms with Crippen molar-refractivity contribution in [2.75, 3.05) is 26.3 Å². The Morgan fingerprint density at radius 1 is 1.07 bits per heavy atom. The Morgan fingerprint density at radius 2 is 1.82 bits per heavy atom. The van der Waals surface area contributed by atoms with Crippen LogP contribution in [0.1, 0.15) is 45.2 Å². The lowest BCUT2D eigenvalue weighted by Crippen LogP contribution is -2.58. The maximum atomic E-state index is 14.1. The van der Waals surface area contributed by atoms with Gasteiger partial charge in [0.05, 0.1) is 30.6 Å². The van der Waals surface area contributed by atoms with Crippen molar-refractivity contribution in [2.24, 2.45) is 11.8 Å². The fourth-order valence-electron chi connectivity index (χ4n) is 6.39. The summed E-state index contributed by atoms with van der Waals surface area (Å²) < 4.78 is 12.1. The number of nitrogens with zero attached hydrogens (tertiary/aromatic N) is 2. The topological polar surface area (TPSA) is 125 Å². The minimum atomic E-state index is -1.39. The summed E-state index contributed by atoms with van der Waals surface area (Å²) in [6, 6.07) is 7.52. The molecular weight excluding hydrogens is 514 g/mol. The number of hydrogen-bond donors (Lipinski definition) is 2. The summed E-state index contributed by atoms with van der Waals surface area (Å²) in [6.45, 7) is 5.65. The number of carbonyl (C=O) groups excluding carboxylic acids is 4. The van der Waals surface area contributed by atoms with Crippen molar-refractivity contribution in [3.8, 4) is 0 Å². The Balaban J connectivity index is 1.59. The zero-order valence-electron chi connectivity index (χ0n) is 23.1. The SMILES string of the molecule is CC(C)(C)N1CC=C[C@@]23O[C@H]4/C=C\CCC(=O)OC[C@H](c5ccccc5)NC(=O)[C@H]4[C@@H]2C(=O)N(CCO)[C@H]3C1=O. The third kappa shape index (κ3) is 4.83. The summed E-state index contributed by atoms with van der Waals surface area (Å²) >= 11 is 0. The summed E-state index contributed by atoms with van der Waals surface area (Å²) in [7, 11) is 0. The first-order chi connectivity index (χ1) is 19.1. The molecule has 4 heterocycles. The third-order valence-electron chi connectivity index (χ3n) is 8.22. The number of esters is 1. The number of allylic oxidation sites excluding steroid dienone is 1. The molecule has 0 saturated carbocycles. The highest BCUT2D eigenvalue weighted by Gasteiger charge is 2.71. The van der Waals surface area contributed by atoms with E-state index < -0.39 is 53.0 Å². The highest BCUT2D eigenvalue weighted by Crippen LogP contribution is 2.53. The first-order valence-corrected chi connectivity index (χ1v) is 13.8. The van der Waals surface area contributed by atoms with Crippen molar-refractivity contribution >= 4 is 23.7 Å². The number of amides is 3. The van der Waals surface area contributed by atoms with Crippen molar-refractivity contribution in [3.63, 3.8) is 0 Å². The zero-order valence-corrected chi connectivity index (χ0v) is 23.1. The highest BCUT2D eigenvalue weighted by molar-refractivity contribution is 6.00. The monoisotopic (exact) mass is 551 g/mol. The van der Waals surface area contributed by atoms with Gasteiger partial charge in [-0.05, 0) is 32.8 Å². The molecule has 0 bridgehead atoms. The van der Waals surface area contributed by atoms with Crippen LogP contribution in [0.25, 0.3) is 0 Å². The number of nitrogens with one attached hydrogen (secondary N) is 1. The van der Waals surface area contributed by atoms with Crippen LogP contribution in [0.4, 0.5) is 0 Å². The summed E-state index contributed by atoms with van der Waals surface area (Å²) in [6.07, 6.45) is 6.81. The van der Waals surface area contributed by atoms with E-state index >= 15 is 0 Å². The third-order valence-corrected chi connectivity index (χ3v) is 8.22. The van der Waals surface area contributed by atoms with Gasteiger partial charge >= 0.3 is 5.97 Å². The maximum Gasteiger partial charge on any atom is 0.306 e. The molecule has 3 amide bonds. The quantitative estimate of drug-likeness (QED) is 0.431. The van der Waals surface area contributed by atoms with E-state index in [0.717, 1.165) is 5.56 Å². The lowest BCUT2D eigenvalue weighted by Gasteiger charge is -2.40.